The average Bonchev–Trinajstić information content (AvgIpc) is 1.84. The predicted octanol–water partition coefficient (Wildman–Crippen LogP) is 1.45. The van der Waals surface area contributed by atoms with Gasteiger partial charge in [-0.15, -0.1) is 11.8 Å². The summed E-state index contributed by atoms with van der Waals surface area (Å²) >= 11 is 1.89. The molecule has 7 heteroatoms. The SMILES string of the molecule is [CH2-]c1cc(=O)[nH]c(=S)[nH]1.[F][W][F]. The average molecular weight is 363 g/mol. The first-order valence-corrected chi connectivity index (χ1v) is 5.27. The van der Waals surface area contributed by atoms with E-state index in [0.717, 1.165) is 0 Å². The summed E-state index contributed by atoms with van der Waals surface area (Å²) in [5.74, 6) is 0. The van der Waals surface area contributed by atoms with Crippen LogP contribution in [-0.4, -0.2) is 9.97 Å². The van der Waals surface area contributed by atoms with Crippen LogP contribution in [0.4, 0.5) is 6.32 Å². The Morgan fingerprint density at radius 3 is 2.33 bits per heavy atom. The summed E-state index contributed by atoms with van der Waals surface area (Å²) in [6.45, 7) is 3.50. The van der Waals surface area contributed by atoms with E-state index in [2.05, 4.69) is 29.1 Å². The van der Waals surface area contributed by atoms with Gasteiger partial charge in [0.2, 0.25) is 0 Å². The molecule has 0 aliphatic heterocycles. The van der Waals surface area contributed by atoms with Crippen molar-refractivity contribution in [2.75, 3.05) is 0 Å². The van der Waals surface area contributed by atoms with E-state index in [-0.39, 0.29) is 5.56 Å². The summed E-state index contributed by atoms with van der Waals surface area (Å²) in [4.78, 5) is 15.6. The summed E-state index contributed by atoms with van der Waals surface area (Å²) in [5.41, 5.74) is 0.313. The molecular formula is C5H5F2N2OSW-. The molecule has 12 heavy (non-hydrogen) atoms. The molecule has 0 aliphatic carbocycles. The van der Waals surface area contributed by atoms with Crippen LogP contribution in [-0.2, 0) is 19.6 Å². The Hall–Kier alpha value is -0.482. The molecule has 0 amide bonds. The van der Waals surface area contributed by atoms with Crippen LogP contribution in [0.1, 0.15) is 5.69 Å². The van der Waals surface area contributed by atoms with E-state index in [4.69, 9.17) is 0 Å². The first kappa shape index (κ1) is 11.5. The van der Waals surface area contributed by atoms with E-state index < -0.39 is 19.6 Å². The first-order chi connectivity index (χ1) is 5.60. The molecule has 1 aromatic rings. The number of halogens is 2. The number of aromatic nitrogens is 2. The molecule has 3 nitrogen and oxygen atoms in total. The molecule has 0 saturated carbocycles. The number of hydrogen-bond donors (Lipinski definition) is 2. The van der Waals surface area contributed by atoms with Crippen molar-refractivity contribution in [3.63, 3.8) is 0 Å². The zero-order chi connectivity index (χ0) is 9.56. The zero-order valence-corrected chi connectivity index (χ0v) is 9.52. The van der Waals surface area contributed by atoms with Gasteiger partial charge in [-0.2, -0.15) is 0 Å². The van der Waals surface area contributed by atoms with Gasteiger partial charge in [0.25, 0.3) is 0 Å². The molecule has 2 N–H and O–H groups in total. The van der Waals surface area contributed by atoms with Gasteiger partial charge in [-0.25, -0.2) is 6.92 Å². The molecule has 0 fully saturated rings. The zero-order valence-electron chi connectivity index (χ0n) is 5.77. The number of aromatic amines is 2. The monoisotopic (exact) mass is 363 g/mol. The molecule has 0 radical (unpaired) electrons. The third-order valence-electron chi connectivity index (χ3n) is 0.816. The third-order valence-corrected chi connectivity index (χ3v) is 1.02. The Bertz CT molecular complexity index is 308. The fourth-order valence-corrected chi connectivity index (χ4v) is 0.751. The van der Waals surface area contributed by atoms with Crippen molar-refractivity contribution < 1.29 is 25.9 Å². The molecular weight excluding hydrogens is 358 g/mol. The van der Waals surface area contributed by atoms with Crippen molar-refractivity contribution in [1.82, 2.24) is 9.97 Å². The van der Waals surface area contributed by atoms with E-state index in [0.29, 0.717) is 10.5 Å². The van der Waals surface area contributed by atoms with Gasteiger partial charge < -0.3 is 9.97 Å². The van der Waals surface area contributed by atoms with E-state index >= 15 is 0 Å². The number of rotatable bonds is 0. The normalized spacial score (nSPS) is 8.50. The van der Waals surface area contributed by atoms with Gasteiger partial charge >= 0.3 is 25.9 Å². The second-order valence-electron chi connectivity index (χ2n) is 1.67. The van der Waals surface area contributed by atoms with Crippen LogP contribution in [0, 0.1) is 11.7 Å². The number of H-pyrrole nitrogens is 2. The number of hydrogen-bond acceptors (Lipinski definition) is 2. The molecule has 1 heterocycles. The summed E-state index contributed by atoms with van der Waals surface area (Å²) in [7, 11) is 0. The van der Waals surface area contributed by atoms with Gasteiger partial charge in [0.1, 0.15) is 0 Å². The Kier molecular flexibility index (Phi) is 5.84. The molecule has 1 rings (SSSR count). The molecule has 0 saturated heterocycles. The van der Waals surface area contributed by atoms with Crippen LogP contribution in [0.25, 0.3) is 0 Å². The van der Waals surface area contributed by atoms with Crippen LogP contribution in [0.2, 0.25) is 0 Å². The van der Waals surface area contributed by atoms with Crippen molar-refractivity contribution in [3.05, 3.63) is 33.8 Å². The Balaban J connectivity index is 0.000000354. The van der Waals surface area contributed by atoms with Gasteiger partial charge in [0.15, 0.2) is 10.3 Å². The maximum absolute atomic E-state index is 10.5. The molecule has 68 valence electrons. The standard InChI is InChI=1S/C5H5N2OS.2FH.W/c1-3-2-4(8)7-5(9)6-3;;;/h2H,1H2,(H2,6,7,8,9);2*1H;/q-1;;;+2/p-2. The number of nitrogens with one attached hydrogen (secondary N) is 2. The minimum atomic E-state index is -2.75. The van der Waals surface area contributed by atoms with Crippen molar-refractivity contribution in [2.45, 2.75) is 0 Å². The van der Waals surface area contributed by atoms with Gasteiger partial charge in [-0.3, -0.25) is 4.79 Å². The minimum absolute atomic E-state index is 0.219. The third kappa shape index (κ3) is 5.21. The van der Waals surface area contributed by atoms with E-state index in [9.17, 15) is 11.1 Å². The van der Waals surface area contributed by atoms with Crippen molar-refractivity contribution >= 4 is 12.2 Å². The summed E-state index contributed by atoms with van der Waals surface area (Å²) in [6, 6.07) is 1.34. The molecule has 0 spiro atoms. The summed E-state index contributed by atoms with van der Waals surface area (Å²) < 4.78 is 19.9. The Morgan fingerprint density at radius 1 is 1.50 bits per heavy atom. The van der Waals surface area contributed by atoms with Gasteiger partial charge in [-0.05, 0) is 12.2 Å². The summed E-state index contributed by atoms with van der Waals surface area (Å²) in [6.07, 6.45) is 0. The van der Waals surface area contributed by atoms with Crippen molar-refractivity contribution in [2.24, 2.45) is 0 Å². The second-order valence-corrected chi connectivity index (χ2v) is 2.50. The molecule has 0 bridgehead atoms. The van der Waals surface area contributed by atoms with E-state index in [1.807, 2.05) is 0 Å². The fraction of sp³-hybridized carbons (Fsp3) is 0. The first-order valence-electron chi connectivity index (χ1n) is 2.65. The van der Waals surface area contributed by atoms with E-state index in [1.165, 1.54) is 6.07 Å². The fourth-order valence-electron chi connectivity index (χ4n) is 0.519. The van der Waals surface area contributed by atoms with Crippen LogP contribution >= 0.6 is 12.2 Å². The molecule has 0 aromatic carbocycles. The summed E-state index contributed by atoms with van der Waals surface area (Å²) in [5, 5.41) is 0. The maximum atomic E-state index is 10.5. The molecule has 0 atom stereocenters. The molecule has 0 unspecified atom stereocenters. The van der Waals surface area contributed by atoms with Gasteiger partial charge in [0.05, 0.1) is 0 Å². The van der Waals surface area contributed by atoms with Crippen molar-refractivity contribution in [3.8, 4) is 0 Å². The second kappa shape index (κ2) is 6.08. The van der Waals surface area contributed by atoms with Gasteiger partial charge in [-0.1, -0.05) is 0 Å². The van der Waals surface area contributed by atoms with Crippen LogP contribution < -0.4 is 5.56 Å². The molecule has 0 aliphatic rings. The van der Waals surface area contributed by atoms with Crippen LogP contribution in [0.5, 0.6) is 0 Å². The van der Waals surface area contributed by atoms with Crippen molar-refractivity contribution in [1.29, 1.82) is 0 Å². The van der Waals surface area contributed by atoms with Gasteiger partial charge in [0, 0.05) is 0 Å². The van der Waals surface area contributed by atoms with Crippen LogP contribution in [0.15, 0.2) is 10.9 Å². The van der Waals surface area contributed by atoms with E-state index in [1.54, 1.807) is 0 Å². The predicted molar refractivity (Wildman–Crippen MR) is 38.9 cm³/mol. The quantitative estimate of drug-likeness (QED) is 0.542. The van der Waals surface area contributed by atoms with Crippen LogP contribution in [0.3, 0.4) is 0 Å². The Morgan fingerprint density at radius 2 is 2.00 bits per heavy atom. The topological polar surface area (TPSA) is 48.6 Å². The Labute approximate surface area is 82.1 Å². The molecule has 1 aromatic heterocycles.